The number of rotatable bonds is 8. The van der Waals surface area contributed by atoms with Gasteiger partial charge in [-0.3, -0.25) is 0 Å². The van der Waals surface area contributed by atoms with E-state index in [0.29, 0.717) is 11.8 Å². The van der Waals surface area contributed by atoms with E-state index < -0.39 is 0 Å². The smallest absolute Gasteiger partial charge is 0.0543 e. The summed E-state index contributed by atoms with van der Waals surface area (Å²) in [6, 6.07) is 62.7. The van der Waals surface area contributed by atoms with E-state index in [4.69, 9.17) is 0 Å². The highest BCUT2D eigenvalue weighted by molar-refractivity contribution is 5.98. The van der Waals surface area contributed by atoms with Crippen molar-refractivity contribution < 1.29 is 0 Å². The van der Waals surface area contributed by atoms with Crippen LogP contribution in [0.25, 0.3) is 44.5 Å². The molecule has 0 N–H and O–H groups in total. The number of fused-ring (bicyclic) bond motifs is 5. The summed E-state index contributed by atoms with van der Waals surface area (Å²) in [7, 11) is 0. The molecule has 3 unspecified atom stereocenters. The molecule has 0 radical (unpaired) electrons. The van der Waals surface area contributed by atoms with E-state index in [-0.39, 0.29) is 5.41 Å². The standard InChI is InChI=1S/C58H55N/c1-58(2)54-33-30-44(40-16-6-3-7-17-40)36-52(54)53-37-51(42-20-10-5-11-21-42)57(38-55(53)58)59(46-31-28-43(29-32-46)50-35-39-26-27-45(50)34-39)56-25-15-14-24-49(56)48-23-13-12-22-47(48)41-18-8-4-9-19-41/h3,5-7,10-17,20-25,28-33,36-39,41,45,50H,4,8-9,18-19,26-27,34-35H2,1-2H3. The van der Waals surface area contributed by atoms with Crippen molar-refractivity contribution in [2.45, 2.75) is 88.9 Å². The van der Waals surface area contributed by atoms with E-state index in [1.54, 1.807) is 0 Å². The van der Waals surface area contributed by atoms with Gasteiger partial charge in [0.25, 0.3) is 0 Å². The van der Waals surface area contributed by atoms with Gasteiger partial charge >= 0.3 is 0 Å². The third-order valence-corrected chi connectivity index (χ3v) is 15.0. The third-order valence-electron chi connectivity index (χ3n) is 15.0. The summed E-state index contributed by atoms with van der Waals surface area (Å²) in [6.07, 6.45) is 12.2. The van der Waals surface area contributed by atoms with Gasteiger partial charge in [-0.15, -0.1) is 0 Å². The molecule has 1 nitrogen and oxygen atoms in total. The van der Waals surface area contributed by atoms with Crippen LogP contribution < -0.4 is 4.90 Å². The van der Waals surface area contributed by atoms with Crippen LogP contribution in [0, 0.1) is 11.8 Å². The Morgan fingerprint density at radius 3 is 1.86 bits per heavy atom. The highest BCUT2D eigenvalue weighted by Gasteiger charge is 2.41. The lowest BCUT2D eigenvalue weighted by molar-refractivity contribution is 0.420. The fraction of sp³-hybridized carbons (Fsp3) is 0.276. The van der Waals surface area contributed by atoms with Crippen LogP contribution >= 0.6 is 0 Å². The van der Waals surface area contributed by atoms with E-state index in [2.05, 4.69) is 183 Å². The fourth-order valence-corrected chi connectivity index (χ4v) is 12.0. The van der Waals surface area contributed by atoms with E-state index in [0.717, 1.165) is 11.8 Å². The van der Waals surface area contributed by atoms with Crippen molar-refractivity contribution in [1.82, 2.24) is 0 Å². The second kappa shape index (κ2) is 14.9. The van der Waals surface area contributed by atoms with Gasteiger partial charge in [0.1, 0.15) is 0 Å². The Morgan fingerprint density at radius 1 is 0.458 bits per heavy atom. The molecule has 7 aromatic carbocycles. The zero-order valence-electron chi connectivity index (χ0n) is 34.7. The molecule has 3 saturated carbocycles. The Kier molecular flexibility index (Phi) is 9.18. The van der Waals surface area contributed by atoms with Gasteiger partial charge in [0.2, 0.25) is 0 Å². The van der Waals surface area contributed by atoms with Gasteiger partial charge in [0.05, 0.1) is 11.4 Å². The first-order valence-electron chi connectivity index (χ1n) is 22.5. The Hall–Kier alpha value is -5.66. The molecule has 59 heavy (non-hydrogen) atoms. The van der Waals surface area contributed by atoms with Gasteiger partial charge in [0.15, 0.2) is 0 Å². The molecule has 0 spiro atoms. The van der Waals surface area contributed by atoms with Crippen LogP contribution in [0.3, 0.4) is 0 Å². The van der Waals surface area contributed by atoms with Crippen molar-refractivity contribution in [3.05, 3.63) is 186 Å². The zero-order valence-corrected chi connectivity index (χ0v) is 34.7. The minimum Gasteiger partial charge on any atom is -0.309 e. The van der Waals surface area contributed by atoms with E-state index in [1.807, 2.05) is 0 Å². The normalized spacial score (nSPS) is 20.3. The molecule has 0 saturated heterocycles. The van der Waals surface area contributed by atoms with Gasteiger partial charge in [0, 0.05) is 22.2 Å². The minimum absolute atomic E-state index is 0.172. The van der Waals surface area contributed by atoms with Crippen LogP contribution in [0.15, 0.2) is 164 Å². The summed E-state index contributed by atoms with van der Waals surface area (Å²) in [5.41, 5.74) is 19.7. The zero-order chi connectivity index (χ0) is 39.5. The predicted octanol–water partition coefficient (Wildman–Crippen LogP) is 16.4. The first-order valence-corrected chi connectivity index (χ1v) is 22.5. The molecule has 7 aromatic rings. The van der Waals surface area contributed by atoms with Crippen molar-refractivity contribution in [3.8, 4) is 44.5 Å². The average molecular weight is 766 g/mol. The van der Waals surface area contributed by atoms with E-state index in [1.165, 1.54) is 142 Å². The lowest BCUT2D eigenvalue weighted by atomic mass is 9.80. The lowest BCUT2D eigenvalue weighted by Gasteiger charge is -2.33. The Morgan fingerprint density at radius 2 is 1.14 bits per heavy atom. The molecule has 11 rings (SSSR count). The summed E-state index contributed by atoms with van der Waals surface area (Å²) in [5, 5.41) is 0. The Balaban J connectivity index is 1.13. The molecule has 0 aliphatic heterocycles. The third kappa shape index (κ3) is 6.37. The molecule has 1 heteroatoms. The molecule has 3 fully saturated rings. The lowest BCUT2D eigenvalue weighted by Crippen LogP contribution is -2.18. The summed E-state index contributed by atoms with van der Waals surface area (Å²) in [6.45, 7) is 4.85. The highest BCUT2D eigenvalue weighted by atomic mass is 15.1. The molecular weight excluding hydrogens is 711 g/mol. The number of hydrogen-bond donors (Lipinski definition) is 0. The van der Waals surface area contributed by atoms with Gasteiger partial charge in [-0.2, -0.15) is 0 Å². The number of nitrogens with zero attached hydrogens (tertiary/aromatic N) is 1. The number of benzene rings is 7. The molecule has 0 heterocycles. The maximum absolute atomic E-state index is 2.62. The van der Waals surface area contributed by atoms with Crippen molar-refractivity contribution in [2.75, 3.05) is 4.90 Å². The minimum atomic E-state index is -0.172. The summed E-state index contributed by atoms with van der Waals surface area (Å²) < 4.78 is 0. The number of para-hydroxylation sites is 1. The second-order valence-electron chi connectivity index (χ2n) is 18.7. The fourth-order valence-electron chi connectivity index (χ4n) is 12.0. The first kappa shape index (κ1) is 36.4. The largest absolute Gasteiger partial charge is 0.309 e. The van der Waals surface area contributed by atoms with Gasteiger partial charge in [-0.1, -0.05) is 167 Å². The molecule has 2 bridgehead atoms. The van der Waals surface area contributed by atoms with Crippen molar-refractivity contribution in [2.24, 2.45) is 11.8 Å². The van der Waals surface area contributed by atoms with Crippen LogP contribution in [0.1, 0.15) is 106 Å². The topological polar surface area (TPSA) is 3.24 Å². The van der Waals surface area contributed by atoms with Gasteiger partial charge in [-0.25, -0.2) is 0 Å². The van der Waals surface area contributed by atoms with Gasteiger partial charge < -0.3 is 4.90 Å². The molecule has 3 atom stereocenters. The maximum atomic E-state index is 2.62. The monoisotopic (exact) mass is 765 g/mol. The molecule has 0 aromatic heterocycles. The molecule has 0 amide bonds. The van der Waals surface area contributed by atoms with Gasteiger partial charge in [-0.05, 0) is 148 Å². The van der Waals surface area contributed by atoms with Crippen molar-refractivity contribution in [3.63, 3.8) is 0 Å². The van der Waals surface area contributed by atoms with Crippen molar-refractivity contribution in [1.29, 1.82) is 0 Å². The second-order valence-corrected chi connectivity index (χ2v) is 18.7. The summed E-state index contributed by atoms with van der Waals surface area (Å²) >= 11 is 0. The van der Waals surface area contributed by atoms with Crippen molar-refractivity contribution >= 4 is 17.1 Å². The molecule has 4 aliphatic rings. The van der Waals surface area contributed by atoms with Crippen LogP contribution in [-0.4, -0.2) is 0 Å². The molecule has 4 aliphatic carbocycles. The summed E-state index contributed by atoms with van der Waals surface area (Å²) in [4.78, 5) is 2.62. The average Bonchev–Trinajstić information content (AvgIpc) is 4.00. The highest BCUT2D eigenvalue weighted by Crippen LogP contribution is 2.56. The van der Waals surface area contributed by atoms with Crippen LogP contribution in [-0.2, 0) is 5.41 Å². The molecule has 292 valence electrons. The van der Waals surface area contributed by atoms with Crippen LogP contribution in [0.2, 0.25) is 0 Å². The number of anilines is 3. The quantitative estimate of drug-likeness (QED) is 0.149. The van der Waals surface area contributed by atoms with E-state index in [9.17, 15) is 0 Å². The van der Waals surface area contributed by atoms with E-state index >= 15 is 0 Å². The SMILES string of the molecule is CC1(C)c2ccc(-c3ccccc3)cc2-c2cc(-c3ccccc3)c(N(c3ccc(C4CC5CCC4C5)cc3)c3ccccc3-c3ccccc3C3CCCCC3)cc21. The van der Waals surface area contributed by atoms with Crippen LogP contribution in [0.5, 0.6) is 0 Å². The first-order chi connectivity index (χ1) is 29.0. The predicted molar refractivity (Wildman–Crippen MR) is 249 cm³/mol. The number of hydrogen-bond acceptors (Lipinski definition) is 1. The Bertz CT molecular complexity index is 2630. The Labute approximate surface area is 351 Å². The summed E-state index contributed by atoms with van der Waals surface area (Å²) in [5.74, 6) is 3.08. The maximum Gasteiger partial charge on any atom is 0.0543 e. The van der Waals surface area contributed by atoms with Crippen LogP contribution in [0.4, 0.5) is 17.1 Å². The molecular formula is C58H55N.